The van der Waals surface area contributed by atoms with Crippen LogP contribution in [0.15, 0.2) is 23.2 Å². The van der Waals surface area contributed by atoms with Gasteiger partial charge in [0, 0.05) is 27.3 Å². The van der Waals surface area contributed by atoms with Crippen LogP contribution >= 0.6 is 24.0 Å². The first-order valence-corrected chi connectivity index (χ1v) is 8.38. The summed E-state index contributed by atoms with van der Waals surface area (Å²) in [6, 6.07) is 6.23. The number of aliphatic imine (C=N–C) groups is 1. The number of benzene rings is 1. The molecule has 0 aliphatic rings. The van der Waals surface area contributed by atoms with E-state index in [1.54, 1.807) is 14.2 Å². The fourth-order valence-electron chi connectivity index (χ4n) is 2.20. The Hall–Kier alpha value is -1.06. The number of hydrogen-bond acceptors (Lipinski definition) is 4. The van der Waals surface area contributed by atoms with Crippen molar-refractivity contribution in [3.05, 3.63) is 29.3 Å². The van der Waals surface area contributed by atoms with Crippen LogP contribution in [0, 0.1) is 13.8 Å². The summed E-state index contributed by atoms with van der Waals surface area (Å²) in [6.45, 7) is 8.22. The second-order valence-electron chi connectivity index (χ2n) is 5.56. The molecule has 0 aliphatic heterocycles. The van der Waals surface area contributed by atoms with Crippen molar-refractivity contribution in [3.63, 3.8) is 0 Å². The number of halogens is 1. The molecule has 1 aromatic carbocycles. The monoisotopic (exact) mass is 465 g/mol. The van der Waals surface area contributed by atoms with Crippen LogP contribution in [0.3, 0.4) is 0 Å². The Bertz CT molecular complexity index is 478. The molecule has 0 unspecified atom stereocenters. The standard InChI is InChI=1S/C18H31N3O3.HI/c1-15-12-16(2)14-17(13-15)24-9-7-21-18(19-3)20-6-5-8-23-11-10-22-4;/h12-14H,5-11H2,1-4H3,(H2,19,20,21);1H. The quantitative estimate of drug-likeness (QED) is 0.228. The lowest BCUT2D eigenvalue weighted by Crippen LogP contribution is -2.39. The zero-order valence-electron chi connectivity index (χ0n) is 15.8. The SMILES string of the molecule is CN=C(NCCCOCCOC)NCCOc1cc(C)cc(C)c1.I. The maximum atomic E-state index is 5.77. The van der Waals surface area contributed by atoms with Crippen LogP contribution in [0.2, 0.25) is 0 Å². The van der Waals surface area contributed by atoms with Crippen LogP contribution in [0.25, 0.3) is 0 Å². The number of guanidine groups is 1. The van der Waals surface area contributed by atoms with E-state index in [1.165, 1.54) is 11.1 Å². The van der Waals surface area contributed by atoms with Crippen LogP contribution in [0.4, 0.5) is 0 Å². The lowest BCUT2D eigenvalue weighted by Gasteiger charge is -2.13. The molecule has 0 saturated carbocycles. The van der Waals surface area contributed by atoms with Gasteiger partial charge < -0.3 is 24.8 Å². The fraction of sp³-hybridized carbons (Fsp3) is 0.611. The summed E-state index contributed by atoms with van der Waals surface area (Å²) >= 11 is 0. The molecule has 1 aromatic rings. The molecule has 7 heteroatoms. The maximum Gasteiger partial charge on any atom is 0.191 e. The minimum absolute atomic E-state index is 0. The first-order valence-electron chi connectivity index (χ1n) is 8.38. The molecular formula is C18H32IN3O3. The Morgan fingerprint density at radius 1 is 0.960 bits per heavy atom. The molecule has 0 radical (unpaired) electrons. The van der Waals surface area contributed by atoms with Crippen molar-refractivity contribution in [1.82, 2.24) is 10.6 Å². The molecule has 2 N–H and O–H groups in total. The highest BCUT2D eigenvalue weighted by atomic mass is 127. The normalized spacial score (nSPS) is 11.0. The minimum Gasteiger partial charge on any atom is -0.492 e. The second kappa shape index (κ2) is 15.2. The number of methoxy groups -OCH3 is 1. The summed E-state index contributed by atoms with van der Waals surface area (Å²) in [4.78, 5) is 4.19. The third kappa shape index (κ3) is 12.0. The molecule has 0 saturated heterocycles. The minimum atomic E-state index is 0. The fourth-order valence-corrected chi connectivity index (χ4v) is 2.20. The van der Waals surface area contributed by atoms with Crippen LogP contribution in [0.5, 0.6) is 5.75 Å². The largest absolute Gasteiger partial charge is 0.492 e. The van der Waals surface area contributed by atoms with E-state index in [9.17, 15) is 0 Å². The van der Waals surface area contributed by atoms with Gasteiger partial charge in [-0.25, -0.2) is 0 Å². The van der Waals surface area contributed by atoms with Gasteiger partial charge in [0.25, 0.3) is 0 Å². The molecule has 0 heterocycles. The van der Waals surface area contributed by atoms with E-state index in [0.717, 1.165) is 24.7 Å². The van der Waals surface area contributed by atoms with Gasteiger partial charge in [0.05, 0.1) is 19.8 Å². The molecular weight excluding hydrogens is 433 g/mol. The molecule has 6 nitrogen and oxygen atoms in total. The highest BCUT2D eigenvalue weighted by Crippen LogP contribution is 2.15. The van der Waals surface area contributed by atoms with E-state index in [1.807, 2.05) is 12.1 Å². The summed E-state index contributed by atoms with van der Waals surface area (Å²) in [6.07, 6.45) is 0.920. The topological polar surface area (TPSA) is 64.1 Å². The highest BCUT2D eigenvalue weighted by molar-refractivity contribution is 14.0. The lowest BCUT2D eigenvalue weighted by atomic mass is 10.1. The second-order valence-corrected chi connectivity index (χ2v) is 5.56. The molecule has 0 bridgehead atoms. The zero-order valence-corrected chi connectivity index (χ0v) is 18.1. The van der Waals surface area contributed by atoms with Crippen LogP contribution < -0.4 is 15.4 Å². The van der Waals surface area contributed by atoms with E-state index < -0.39 is 0 Å². The Morgan fingerprint density at radius 2 is 1.64 bits per heavy atom. The van der Waals surface area contributed by atoms with Gasteiger partial charge in [-0.1, -0.05) is 6.07 Å². The van der Waals surface area contributed by atoms with Crippen molar-refractivity contribution < 1.29 is 14.2 Å². The van der Waals surface area contributed by atoms with Crippen LogP contribution in [-0.4, -0.2) is 59.6 Å². The van der Waals surface area contributed by atoms with Gasteiger partial charge in [0.2, 0.25) is 0 Å². The summed E-state index contributed by atoms with van der Waals surface area (Å²) < 4.78 is 16.1. The first-order chi connectivity index (χ1) is 11.7. The summed E-state index contributed by atoms with van der Waals surface area (Å²) in [7, 11) is 3.43. The Balaban J connectivity index is 0.00000576. The number of nitrogens with one attached hydrogen (secondary N) is 2. The zero-order chi connectivity index (χ0) is 17.6. The van der Waals surface area contributed by atoms with Crippen molar-refractivity contribution in [2.45, 2.75) is 20.3 Å². The first kappa shape index (κ1) is 23.9. The smallest absolute Gasteiger partial charge is 0.191 e. The molecule has 0 amide bonds. The molecule has 144 valence electrons. The third-order valence-corrected chi connectivity index (χ3v) is 3.27. The number of aryl methyl sites for hydroxylation is 2. The van der Waals surface area contributed by atoms with E-state index >= 15 is 0 Å². The van der Waals surface area contributed by atoms with Crippen LogP contribution in [0.1, 0.15) is 17.5 Å². The molecule has 0 spiro atoms. The van der Waals surface area contributed by atoms with Crippen molar-refractivity contribution in [1.29, 1.82) is 0 Å². The summed E-state index contributed by atoms with van der Waals surface area (Å²) in [5, 5.41) is 6.48. The van der Waals surface area contributed by atoms with Gasteiger partial charge in [-0.15, -0.1) is 24.0 Å². The van der Waals surface area contributed by atoms with Crippen molar-refractivity contribution >= 4 is 29.9 Å². The predicted octanol–water partition coefficient (Wildman–Crippen LogP) is 2.52. The summed E-state index contributed by atoms with van der Waals surface area (Å²) in [5.41, 5.74) is 2.42. The average Bonchev–Trinajstić information content (AvgIpc) is 2.55. The highest BCUT2D eigenvalue weighted by Gasteiger charge is 1.99. The van der Waals surface area contributed by atoms with E-state index in [4.69, 9.17) is 14.2 Å². The molecule has 0 aliphatic carbocycles. The Labute approximate surface area is 168 Å². The van der Waals surface area contributed by atoms with E-state index in [-0.39, 0.29) is 24.0 Å². The number of rotatable bonds is 11. The van der Waals surface area contributed by atoms with Gasteiger partial charge in [0.1, 0.15) is 12.4 Å². The van der Waals surface area contributed by atoms with Gasteiger partial charge in [-0.05, 0) is 43.5 Å². The van der Waals surface area contributed by atoms with Crippen LogP contribution in [-0.2, 0) is 9.47 Å². The van der Waals surface area contributed by atoms with Gasteiger partial charge >= 0.3 is 0 Å². The van der Waals surface area contributed by atoms with Crippen molar-refractivity contribution in [2.75, 3.05) is 53.7 Å². The third-order valence-electron chi connectivity index (χ3n) is 3.27. The molecule has 25 heavy (non-hydrogen) atoms. The molecule has 0 fully saturated rings. The molecule has 0 atom stereocenters. The van der Waals surface area contributed by atoms with E-state index in [2.05, 4.69) is 35.5 Å². The van der Waals surface area contributed by atoms with Crippen molar-refractivity contribution in [3.8, 4) is 5.75 Å². The summed E-state index contributed by atoms with van der Waals surface area (Å²) in [5.74, 6) is 1.68. The van der Waals surface area contributed by atoms with Gasteiger partial charge in [-0.3, -0.25) is 4.99 Å². The lowest BCUT2D eigenvalue weighted by molar-refractivity contribution is 0.0698. The van der Waals surface area contributed by atoms with Gasteiger partial charge in [0.15, 0.2) is 5.96 Å². The Kier molecular flexibility index (Phi) is 14.6. The maximum absolute atomic E-state index is 5.77. The molecule has 1 rings (SSSR count). The number of hydrogen-bond donors (Lipinski definition) is 2. The Morgan fingerprint density at radius 3 is 2.28 bits per heavy atom. The van der Waals surface area contributed by atoms with Crippen molar-refractivity contribution in [2.24, 2.45) is 4.99 Å². The molecule has 0 aromatic heterocycles. The number of ether oxygens (including phenoxy) is 3. The predicted molar refractivity (Wildman–Crippen MR) is 114 cm³/mol. The number of nitrogens with zero attached hydrogens (tertiary/aromatic N) is 1. The van der Waals surface area contributed by atoms with E-state index in [0.29, 0.717) is 33.0 Å². The van der Waals surface area contributed by atoms with Gasteiger partial charge in [-0.2, -0.15) is 0 Å². The average molecular weight is 465 g/mol.